The molecule has 2 aliphatic heterocycles. The molecule has 2 saturated heterocycles. The quantitative estimate of drug-likeness (QED) is 0.608. The van der Waals surface area contributed by atoms with Crippen LogP contribution in [0.25, 0.3) is 10.9 Å². The van der Waals surface area contributed by atoms with Crippen LogP contribution in [0.3, 0.4) is 0 Å². The van der Waals surface area contributed by atoms with Gasteiger partial charge in [-0.25, -0.2) is 4.39 Å². The van der Waals surface area contributed by atoms with Gasteiger partial charge >= 0.3 is 0 Å². The van der Waals surface area contributed by atoms with Crippen LogP contribution in [0.1, 0.15) is 24.5 Å². The Morgan fingerprint density at radius 2 is 2.00 bits per heavy atom. The highest BCUT2D eigenvalue weighted by atomic mass is 19.1. The lowest BCUT2D eigenvalue weighted by molar-refractivity contribution is 0.348. The molecule has 2 atom stereocenters. The summed E-state index contributed by atoms with van der Waals surface area (Å²) in [5.74, 6) is 0.349. The summed E-state index contributed by atoms with van der Waals surface area (Å²) in [6, 6.07) is 16.0. The molecule has 2 fully saturated rings. The van der Waals surface area contributed by atoms with E-state index in [1.807, 2.05) is 36.4 Å². The predicted octanol–water partition coefficient (Wildman–Crippen LogP) is 3.66. The van der Waals surface area contributed by atoms with Crippen molar-refractivity contribution in [3.05, 3.63) is 65.6 Å². The lowest BCUT2D eigenvalue weighted by Crippen LogP contribution is -2.48. The summed E-state index contributed by atoms with van der Waals surface area (Å²) in [6.45, 7) is 8.24. The third kappa shape index (κ3) is 4.70. The van der Waals surface area contributed by atoms with Crippen molar-refractivity contribution in [2.75, 3.05) is 49.1 Å². The van der Waals surface area contributed by atoms with E-state index in [9.17, 15) is 9.65 Å². The second-order valence-electron chi connectivity index (χ2n) is 9.48. The number of rotatable bonds is 5. The van der Waals surface area contributed by atoms with Crippen molar-refractivity contribution in [2.45, 2.75) is 25.9 Å². The minimum absolute atomic E-state index is 0.145. The molecule has 0 aliphatic carbocycles. The molecule has 2 N–H and O–H groups in total. The highest BCUT2D eigenvalue weighted by Gasteiger charge is 2.26. The summed E-state index contributed by atoms with van der Waals surface area (Å²) >= 11 is 0. The Labute approximate surface area is 200 Å². The molecule has 2 aromatic carbocycles. The van der Waals surface area contributed by atoms with Crippen LogP contribution in [0.2, 0.25) is 0 Å². The minimum atomic E-state index is -0.145. The van der Waals surface area contributed by atoms with E-state index in [1.165, 1.54) is 0 Å². The monoisotopic (exact) mass is 458 g/mol. The van der Waals surface area contributed by atoms with Gasteiger partial charge < -0.3 is 20.4 Å². The maximum atomic E-state index is 14.9. The topological polar surface area (TPSA) is 67.2 Å². The van der Waals surface area contributed by atoms with Gasteiger partial charge in [-0.2, -0.15) is 5.26 Å². The summed E-state index contributed by atoms with van der Waals surface area (Å²) < 4.78 is 14.9. The Morgan fingerprint density at radius 1 is 1.15 bits per heavy atom. The Hall–Kier alpha value is -3.21. The smallest absolute Gasteiger partial charge is 0.129 e. The first kappa shape index (κ1) is 22.6. The molecule has 2 aliphatic rings. The van der Waals surface area contributed by atoms with Crippen molar-refractivity contribution in [1.82, 2.24) is 15.6 Å². The summed E-state index contributed by atoms with van der Waals surface area (Å²) in [5, 5.41) is 17.4. The third-order valence-corrected chi connectivity index (χ3v) is 6.97. The normalized spacial score (nSPS) is 21.0. The van der Waals surface area contributed by atoms with Crippen LogP contribution in [0.15, 0.2) is 48.7 Å². The van der Waals surface area contributed by atoms with Crippen molar-refractivity contribution >= 4 is 22.3 Å². The highest BCUT2D eigenvalue weighted by Crippen LogP contribution is 2.31. The van der Waals surface area contributed by atoms with E-state index in [0.717, 1.165) is 68.0 Å². The number of fused-ring (bicyclic) bond motifs is 1. The van der Waals surface area contributed by atoms with Crippen LogP contribution in [0.4, 0.5) is 15.8 Å². The van der Waals surface area contributed by atoms with Crippen LogP contribution < -0.4 is 20.4 Å². The van der Waals surface area contributed by atoms with Crippen molar-refractivity contribution in [3.63, 3.8) is 0 Å². The molecule has 7 heteroatoms. The minimum Gasteiger partial charge on any atom is -0.369 e. The van der Waals surface area contributed by atoms with Crippen molar-refractivity contribution in [3.8, 4) is 6.07 Å². The largest absolute Gasteiger partial charge is 0.369 e. The van der Waals surface area contributed by atoms with Gasteiger partial charge in [0.05, 0.1) is 11.1 Å². The lowest BCUT2D eigenvalue weighted by Gasteiger charge is -2.39. The van der Waals surface area contributed by atoms with Crippen LogP contribution >= 0.6 is 0 Å². The second-order valence-corrected chi connectivity index (χ2v) is 9.48. The van der Waals surface area contributed by atoms with Crippen molar-refractivity contribution in [1.29, 1.82) is 5.26 Å². The number of piperazine rings is 1. The Bertz CT molecular complexity index is 1200. The number of nitrogens with zero attached hydrogens (tertiary/aromatic N) is 4. The standard InChI is InChI=1S/C27H31FN6/c1-19-13-22(32-16-21-4-6-23(14-25(21)28)33-11-9-30-10-12-33)18-34(17-19)26-7-5-20(15-29)27-24(26)3-2-8-31-27/h2-8,14,19,22,30,32H,9-13,16-18H2,1H3. The number of benzene rings is 2. The zero-order valence-electron chi connectivity index (χ0n) is 19.6. The highest BCUT2D eigenvalue weighted by molar-refractivity contribution is 5.95. The van der Waals surface area contributed by atoms with Gasteiger partial charge in [0.1, 0.15) is 11.9 Å². The van der Waals surface area contributed by atoms with Gasteiger partial charge in [0.15, 0.2) is 0 Å². The molecule has 34 heavy (non-hydrogen) atoms. The Morgan fingerprint density at radius 3 is 2.79 bits per heavy atom. The number of hydrogen-bond acceptors (Lipinski definition) is 6. The second kappa shape index (κ2) is 9.96. The molecule has 0 amide bonds. The molecule has 3 aromatic rings. The van der Waals surface area contributed by atoms with Crippen LogP contribution in [-0.4, -0.2) is 50.3 Å². The van der Waals surface area contributed by atoms with Gasteiger partial charge in [-0.1, -0.05) is 13.0 Å². The van der Waals surface area contributed by atoms with Crippen LogP contribution in [0, 0.1) is 23.1 Å². The van der Waals surface area contributed by atoms with Crippen molar-refractivity contribution in [2.24, 2.45) is 5.92 Å². The first-order chi connectivity index (χ1) is 16.6. The van der Waals surface area contributed by atoms with Gasteiger partial charge in [0, 0.05) is 80.4 Å². The zero-order chi connectivity index (χ0) is 23.5. The van der Waals surface area contributed by atoms with E-state index in [0.29, 0.717) is 23.6 Å². The molecule has 0 spiro atoms. The van der Waals surface area contributed by atoms with Crippen LogP contribution in [0.5, 0.6) is 0 Å². The van der Waals surface area contributed by atoms with E-state index in [-0.39, 0.29) is 11.9 Å². The fraction of sp³-hybridized carbons (Fsp3) is 0.407. The van der Waals surface area contributed by atoms with E-state index >= 15 is 0 Å². The van der Waals surface area contributed by atoms with Crippen LogP contribution in [-0.2, 0) is 6.54 Å². The SMILES string of the molecule is CC1CC(NCc2ccc(N3CCNCC3)cc2F)CN(c2ccc(C#N)c3ncccc23)C1. The number of nitrogens with one attached hydrogen (secondary N) is 2. The zero-order valence-corrected chi connectivity index (χ0v) is 19.6. The van der Waals surface area contributed by atoms with Gasteiger partial charge in [-0.05, 0) is 48.7 Å². The summed E-state index contributed by atoms with van der Waals surface area (Å²) in [6.07, 6.45) is 2.78. The van der Waals surface area contributed by atoms with Gasteiger partial charge in [-0.3, -0.25) is 4.98 Å². The van der Waals surface area contributed by atoms with Gasteiger partial charge in [0.2, 0.25) is 0 Å². The summed E-state index contributed by atoms with van der Waals surface area (Å²) in [4.78, 5) is 9.06. The van der Waals surface area contributed by atoms with E-state index < -0.39 is 0 Å². The molecule has 0 bridgehead atoms. The molecule has 0 radical (unpaired) electrons. The first-order valence-electron chi connectivity index (χ1n) is 12.1. The Balaban J connectivity index is 1.29. The molecule has 5 rings (SSSR count). The molecular weight excluding hydrogens is 427 g/mol. The molecule has 6 nitrogen and oxygen atoms in total. The molecule has 1 aromatic heterocycles. The number of pyridine rings is 1. The number of nitriles is 1. The summed E-state index contributed by atoms with van der Waals surface area (Å²) in [5.41, 5.74) is 4.11. The fourth-order valence-corrected chi connectivity index (χ4v) is 5.27. The number of hydrogen-bond donors (Lipinski definition) is 2. The van der Waals surface area contributed by atoms with E-state index in [2.05, 4.69) is 38.4 Å². The van der Waals surface area contributed by atoms with E-state index in [4.69, 9.17) is 0 Å². The number of anilines is 2. The molecule has 3 heterocycles. The predicted molar refractivity (Wildman–Crippen MR) is 135 cm³/mol. The maximum absolute atomic E-state index is 14.9. The van der Waals surface area contributed by atoms with Gasteiger partial charge in [-0.15, -0.1) is 0 Å². The Kier molecular flexibility index (Phi) is 6.61. The maximum Gasteiger partial charge on any atom is 0.129 e. The molecular formula is C27H31FN6. The third-order valence-electron chi connectivity index (χ3n) is 6.97. The molecule has 0 saturated carbocycles. The first-order valence-corrected chi connectivity index (χ1v) is 12.1. The van der Waals surface area contributed by atoms with Gasteiger partial charge in [0.25, 0.3) is 0 Å². The average molecular weight is 459 g/mol. The summed E-state index contributed by atoms with van der Waals surface area (Å²) in [7, 11) is 0. The van der Waals surface area contributed by atoms with E-state index in [1.54, 1.807) is 12.3 Å². The average Bonchev–Trinajstić information content (AvgIpc) is 2.87. The number of aromatic nitrogens is 1. The number of halogens is 1. The molecule has 2 unspecified atom stereocenters. The number of piperidine rings is 1. The molecule has 176 valence electrons. The van der Waals surface area contributed by atoms with Crippen molar-refractivity contribution < 1.29 is 4.39 Å². The fourth-order valence-electron chi connectivity index (χ4n) is 5.27. The lowest BCUT2D eigenvalue weighted by atomic mass is 9.94.